The Hall–Kier alpha value is -0.538. The summed E-state index contributed by atoms with van der Waals surface area (Å²) in [5.41, 5.74) is 0. The van der Waals surface area contributed by atoms with Crippen LogP contribution in [0.25, 0.3) is 0 Å². The predicted molar refractivity (Wildman–Crippen MR) is 259 cm³/mol. The molecule has 0 unspecified atom stereocenters. The summed E-state index contributed by atoms with van der Waals surface area (Å²) in [7, 11) is 0. The number of hydrogen-bond acceptors (Lipinski definition) is 4. The van der Waals surface area contributed by atoms with E-state index in [1.165, 1.54) is 250 Å². The topological polar surface area (TPSA) is 115 Å². The van der Waals surface area contributed by atoms with Gasteiger partial charge in [0.2, 0.25) is 0 Å². The molecule has 0 saturated heterocycles. The van der Waals surface area contributed by atoms with Crippen LogP contribution in [0, 0.1) is 31.1 Å². The van der Waals surface area contributed by atoms with Gasteiger partial charge in [-0.3, -0.25) is 9.59 Å². The van der Waals surface area contributed by atoms with Gasteiger partial charge in [-0.25, -0.2) is 0 Å². The Morgan fingerprint density at radius 1 is 0.262 bits per heavy atom. The minimum Gasteiger partial charge on any atom is -0.550 e. The average molecular weight is 1090 g/mol. The zero-order valence-electron chi connectivity index (χ0n) is 41.5. The van der Waals surface area contributed by atoms with Crippen molar-refractivity contribution in [1.82, 2.24) is 0 Å². The molecule has 0 spiro atoms. The van der Waals surface area contributed by atoms with Crippen LogP contribution in [0.15, 0.2) is 0 Å². The van der Waals surface area contributed by atoms with Crippen LogP contribution in [0.3, 0.4) is 0 Å². The second-order valence-corrected chi connectivity index (χ2v) is 18.3. The first-order valence-corrected chi connectivity index (χ1v) is 26.9. The predicted octanol–water partition coefficient (Wildman–Crippen LogP) is 17.7. The minimum atomic E-state index is -0.903. The van der Waals surface area contributed by atoms with Gasteiger partial charge in [0.15, 0.2) is 0 Å². The maximum atomic E-state index is 10.3. The molecule has 7 heteroatoms. The van der Waals surface area contributed by atoms with Crippen LogP contribution in [0.4, 0.5) is 0 Å². The fraction of sp³-hybridized carbons (Fsp3) is 0.944. The van der Waals surface area contributed by atoms with E-state index in [2.05, 4.69) is 20.8 Å². The van der Waals surface area contributed by atoms with E-state index in [0.717, 1.165) is 38.5 Å². The van der Waals surface area contributed by atoms with E-state index < -0.39 is 17.9 Å². The van der Waals surface area contributed by atoms with Crippen LogP contribution >= 0.6 is 0 Å². The van der Waals surface area contributed by atoms with Crippen molar-refractivity contribution < 1.29 is 60.8 Å². The van der Waals surface area contributed by atoms with Crippen molar-refractivity contribution in [2.45, 2.75) is 329 Å². The molecule has 0 radical (unpaired) electrons. The van der Waals surface area contributed by atoms with Crippen molar-refractivity contribution in [1.29, 1.82) is 0 Å². The third kappa shape index (κ3) is 77.1. The molecular formula is C54H107O6U-. The van der Waals surface area contributed by atoms with E-state index in [9.17, 15) is 19.5 Å². The Morgan fingerprint density at radius 2 is 0.393 bits per heavy atom. The number of carbonyl (C=O) groups excluding carboxylic acids is 1. The molecule has 0 aliphatic heterocycles. The smallest absolute Gasteiger partial charge is 0.303 e. The van der Waals surface area contributed by atoms with Gasteiger partial charge in [0.1, 0.15) is 0 Å². The first-order chi connectivity index (χ1) is 29.3. The van der Waals surface area contributed by atoms with Crippen LogP contribution in [-0.2, 0) is 14.4 Å². The van der Waals surface area contributed by atoms with E-state index in [1.807, 2.05) is 0 Å². The second kappa shape index (κ2) is 63.7. The standard InChI is InChI=1S/3C18H36O2.U/c3*1-2-3-4-5-6-7-8-9-10-11-12-13-14-15-16-17-18(19)20;/h3*2-17H2,1H3,(H,19,20);/p-1. The summed E-state index contributed by atoms with van der Waals surface area (Å²) >= 11 is 0. The van der Waals surface area contributed by atoms with Crippen molar-refractivity contribution >= 4 is 17.9 Å². The Balaban J connectivity index is -0.000000396. The van der Waals surface area contributed by atoms with Gasteiger partial charge in [0, 0.05) is 49.9 Å². The quantitative estimate of drug-likeness (QED) is 0.0587. The third-order valence-corrected chi connectivity index (χ3v) is 12.0. The SMILES string of the molecule is CCCCCCCCCCCCCCCCCC(=O)O.CCCCCCCCCCCCCCCCCC(=O)O.CCCCCCCCCCCCCCCCCC(=O)[O-].[U]. The van der Waals surface area contributed by atoms with Gasteiger partial charge in [0.05, 0.1) is 0 Å². The van der Waals surface area contributed by atoms with Gasteiger partial charge in [-0.05, 0) is 25.7 Å². The molecule has 0 aromatic rings. The Labute approximate surface area is 405 Å². The van der Waals surface area contributed by atoms with Gasteiger partial charge in [0.25, 0.3) is 0 Å². The Morgan fingerprint density at radius 3 is 0.525 bits per heavy atom. The van der Waals surface area contributed by atoms with E-state index in [4.69, 9.17) is 10.2 Å². The minimum absolute atomic E-state index is 0. The number of carboxylic acids is 3. The van der Waals surface area contributed by atoms with Crippen molar-refractivity contribution in [3.63, 3.8) is 0 Å². The summed E-state index contributed by atoms with van der Waals surface area (Å²) in [6.45, 7) is 6.81. The molecule has 0 fully saturated rings. The van der Waals surface area contributed by atoms with Gasteiger partial charge >= 0.3 is 11.9 Å². The van der Waals surface area contributed by atoms with E-state index in [1.54, 1.807) is 0 Å². The molecule has 0 bridgehead atoms. The number of hydrogen-bond donors (Lipinski definition) is 2. The third-order valence-electron chi connectivity index (χ3n) is 12.0. The van der Waals surface area contributed by atoms with Crippen molar-refractivity contribution in [2.24, 2.45) is 0 Å². The summed E-state index contributed by atoms with van der Waals surface area (Å²) < 4.78 is 0. The number of aliphatic carboxylic acids is 3. The van der Waals surface area contributed by atoms with Gasteiger partial charge < -0.3 is 20.1 Å². The van der Waals surface area contributed by atoms with Crippen molar-refractivity contribution in [2.75, 3.05) is 0 Å². The summed E-state index contributed by atoms with van der Waals surface area (Å²) in [5.74, 6) is -2.21. The van der Waals surface area contributed by atoms with Crippen LogP contribution in [0.1, 0.15) is 329 Å². The molecule has 0 aromatic heterocycles. The van der Waals surface area contributed by atoms with Crippen molar-refractivity contribution in [3.05, 3.63) is 0 Å². The summed E-state index contributed by atoms with van der Waals surface area (Å²) in [4.78, 5) is 30.9. The van der Waals surface area contributed by atoms with E-state index in [0.29, 0.717) is 12.8 Å². The first kappa shape index (κ1) is 67.1. The molecule has 0 heterocycles. The van der Waals surface area contributed by atoms with Crippen molar-refractivity contribution in [3.8, 4) is 0 Å². The molecule has 0 rings (SSSR count). The molecule has 2 N–H and O–H groups in total. The molecule has 0 amide bonds. The Kier molecular flexibility index (Phi) is 70.1. The maximum Gasteiger partial charge on any atom is 0.303 e. The number of unbranched alkanes of at least 4 members (excludes halogenated alkanes) is 42. The number of rotatable bonds is 48. The molecule has 0 saturated carbocycles. The first-order valence-electron chi connectivity index (χ1n) is 26.9. The molecule has 0 aliphatic rings. The van der Waals surface area contributed by atoms with Gasteiger partial charge in [-0.1, -0.05) is 290 Å². The largest absolute Gasteiger partial charge is 0.550 e. The van der Waals surface area contributed by atoms with Gasteiger partial charge in [-0.2, -0.15) is 0 Å². The molecule has 0 aliphatic carbocycles. The van der Waals surface area contributed by atoms with E-state index in [-0.39, 0.29) is 37.5 Å². The van der Waals surface area contributed by atoms with Crippen LogP contribution in [-0.4, -0.2) is 28.1 Å². The van der Waals surface area contributed by atoms with Gasteiger partial charge in [-0.15, -0.1) is 0 Å². The second-order valence-electron chi connectivity index (χ2n) is 18.3. The van der Waals surface area contributed by atoms with Crippen LogP contribution < -0.4 is 5.11 Å². The van der Waals surface area contributed by atoms with E-state index >= 15 is 0 Å². The monoisotopic (exact) mass is 1090 g/mol. The zero-order valence-corrected chi connectivity index (χ0v) is 45.6. The summed E-state index contributed by atoms with van der Waals surface area (Å²) in [5, 5.41) is 27.3. The van der Waals surface area contributed by atoms with Crippen LogP contribution in [0.2, 0.25) is 0 Å². The molecule has 61 heavy (non-hydrogen) atoms. The fourth-order valence-corrected chi connectivity index (χ4v) is 7.94. The normalized spacial score (nSPS) is 10.7. The van der Waals surface area contributed by atoms with Crippen LogP contribution in [0.5, 0.6) is 0 Å². The maximum absolute atomic E-state index is 10.3. The molecule has 364 valence electrons. The number of carboxylic acid groups (broad SMARTS) is 3. The number of carbonyl (C=O) groups is 3. The zero-order chi connectivity index (χ0) is 44.7. The summed E-state index contributed by atoms with van der Waals surface area (Å²) in [6.07, 6.45) is 60.3. The fourth-order valence-electron chi connectivity index (χ4n) is 7.94. The molecular weight excluding hydrogens is 983 g/mol. The summed E-state index contributed by atoms with van der Waals surface area (Å²) in [6, 6.07) is 0. The molecule has 0 atom stereocenters. The average Bonchev–Trinajstić information content (AvgIpc) is 3.22. The molecule has 0 aromatic carbocycles. The Bertz CT molecular complexity index is 717. The molecule has 6 nitrogen and oxygen atoms in total.